The Morgan fingerprint density at radius 2 is 1.74 bits per heavy atom. The van der Waals surface area contributed by atoms with Gasteiger partial charge in [0.05, 0.1) is 4.90 Å². The third kappa shape index (κ3) is 4.51. The van der Waals surface area contributed by atoms with Gasteiger partial charge in [0, 0.05) is 26.7 Å². The van der Waals surface area contributed by atoms with Crippen LogP contribution >= 0.6 is 0 Å². The first-order valence-corrected chi connectivity index (χ1v) is 10.8. The fourth-order valence-electron chi connectivity index (χ4n) is 3.57. The number of aryl methyl sites for hydroxylation is 1. The van der Waals surface area contributed by atoms with Gasteiger partial charge in [-0.05, 0) is 61.7 Å². The van der Waals surface area contributed by atoms with Crippen LogP contribution in [0.2, 0.25) is 0 Å². The second-order valence-electron chi connectivity index (χ2n) is 7.19. The number of sulfonamides is 1. The van der Waals surface area contributed by atoms with E-state index < -0.39 is 10.0 Å². The van der Waals surface area contributed by atoms with Gasteiger partial charge in [-0.3, -0.25) is 4.90 Å². The topological polar surface area (TPSA) is 49.9 Å². The summed E-state index contributed by atoms with van der Waals surface area (Å²) in [5.41, 5.74) is 2.89. The van der Waals surface area contributed by atoms with Crippen LogP contribution in [0.5, 0.6) is 5.75 Å². The van der Waals surface area contributed by atoms with E-state index >= 15 is 0 Å². The van der Waals surface area contributed by atoms with Crippen LogP contribution < -0.4 is 4.74 Å². The fraction of sp³-hybridized carbons (Fsp3) is 0.429. The molecule has 0 aliphatic heterocycles. The van der Waals surface area contributed by atoms with Gasteiger partial charge in [-0.25, -0.2) is 12.7 Å². The Hall–Kier alpha value is -1.89. The number of nitrogens with zero attached hydrogens (tertiary/aromatic N) is 2. The first kappa shape index (κ1) is 19.9. The number of ether oxygens (including phenoxy) is 1. The van der Waals surface area contributed by atoms with Crippen LogP contribution in [0.25, 0.3) is 0 Å². The summed E-state index contributed by atoms with van der Waals surface area (Å²) in [5, 5.41) is 0. The molecule has 0 bridgehead atoms. The van der Waals surface area contributed by atoms with Gasteiger partial charge in [0.1, 0.15) is 12.4 Å². The minimum Gasteiger partial charge on any atom is -0.492 e. The van der Waals surface area contributed by atoms with Gasteiger partial charge in [-0.15, -0.1) is 0 Å². The summed E-state index contributed by atoms with van der Waals surface area (Å²) in [5.74, 6) is 0.685. The molecule has 6 heteroatoms. The molecule has 2 aromatic carbocycles. The van der Waals surface area contributed by atoms with E-state index in [0.717, 1.165) is 6.54 Å². The summed E-state index contributed by atoms with van der Waals surface area (Å²) in [6, 6.07) is 15.7. The minimum absolute atomic E-state index is 0.274. The molecule has 5 nitrogen and oxygen atoms in total. The third-order valence-electron chi connectivity index (χ3n) is 5.18. The van der Waals surface area contributed by atoms with Crippen molar-refractivity contribution in [3.63, 3.8) is 0 Å². The van der Waals surface area contributed by atoms with Gasteiger partial charge in [0.15, 0.2) is 0 Å². The van der Waals surface area contributed by atoms with Crippen molar-refractivity contribution in [1.29, 1.82) is 0 Å². The van der Waals surface area contributed by atoms with Gasteiger partial charge in [0.25, 0.3) is 0 Å². The first-order valence-electron chi connectivity index (χ1n) is 9.33. The van der Waals surface area contributed by atoms with E-state index in [4.69, 9.17) is 4.74 Å². The largest absolute Gasteiger partial charge is 0.492 e. The number of benzene rings is 2. The molecular weight excluding hydrogens is 360 g/mol. The molecule has 0 saturated carbocycles. The Balaban J connectivity index is 1.56. The molecule has 1 atom stereocenters. The molecule has 0 saturated heterocycles. The van der Waals surface area contributed by atoms with Gasteiger partial charge in [-0.2, -0.15) is 0 Å². The molecule has 0 spiro atoms. The highest BCUT2D eigenvalue weighted by atomic mass is 32.2. The molecule has 1 aliphatic rings. The lowest BCUT2D eigenvalue weighted by Crippen LogP contribution is -2.31. The van der Waals surface area contributed by atoms with Crippen molar-refractivity contribution in [2.24, 2.45) is 0 Å². The van der Waals surface area contributed by atoms with Crippen molar-refractivity contribution >= 4 is 10.0 Å². The highest BCUT2D eigenvalue weighted by molar-refractivity contribution is 7.89. The zero-order valence-corrected chi connectivity index (χ0v) is 17.1. The number of hydrogen-bond donors (Lipinski definition) is 0. The monoisotopic (exact) mass is 388 g/mol. The van der Waals surface area contributed by atoms with E-state index in [1.807, 2.05) is 0 Å². The molecular formula is C21H28N2O3S. The van der Waals surface area contributed by atoms with Gasteiger partial charge < -0.3 is 4.74 Å². The van der Waals surface area contributed by atoms with Gasteiger partial charge >= 0.3 is 0 Å². The lowest BCUT2D eigenvalue weighted by atomic mass is 9.87. The predicted molar refractivity (Wildman–Crippen MR) is 108 cm³/mol. The van der Waals surface area contributed by atoms with E-state index in [1.54, 1.807) is 24.3 Å². The average Bonchev–Trinajstić information content (AvgIpc) is 2.67. The first-order chi connectivity index (χ1) is 12.9. The zero-order valence-electron chi connectivity index (χ0n) is 16.3. The quantitative estimate of drug-likeness (QED) is 0.730. The van der Waals surface area contributed by atoms with E-state index in [2.05, 4.69) is 36.2 Å². The average molecular weight is 389 g/mol. The molecule has 3 rings (SSSR count). The SMILES string of the molecule is CN(CCOc1ccc(S(=O)(=O)N(C)C)cc1)C1CCCc2ccccc21. The van der Waals surface area contributed by atoms with Crippen LogP contribution in [0.1, 0.15) is 30.0 Å². The van der Waals surface area contributed by atoms with Crippen molar-refractivity contribution in [2.75, 3.05) is 34.3 Å². The Labute approximate surface area is 162 Å². The maximum absolute atomic E-state index is 12.1. The van der Waals surface area contributed by atoms with Gasteiger partial charge in [-0.1, -0.05) is 24.3 Å². The van der Waals surface area contributed by atoms with Crippen LogP contribution in [0, 0.1) is 0 Å². The van der Waals surface area contributed by atoms with Crippen molar-refractivity contribution in [1.82, 2.24) is 9.21 Å². The van der Waals surface area contributed by atoms with E-state index in [1.165, 1.54) is 48.8 Å². The number of likely N-dealkylation sites (N-methyl/N-ethyl adjacent to an activating group) is 1. The van der Waals surface area contributed by atoms with E-state index in [9.17, 15) is 8.42 Å². The molecule has 0 heterocycles. The predicted octanol–water partition coefficient (Wildman–Crippen LogP) is 3.33. The standard InChI is InChI=1S/C21H28N2O3S/c1-22(2)27(24,25)19-13-11-18(12-14-19)26-16-15-23(3)21-10-6-8-17-7-4-5-9-20(17)21/h4-5,7,9,11-14,21H,6,8,10,15-16H2,1-3H3. The Bertz CT molecular complexity index is 863. The lowest BCUT2D eigenvalue weighted by molar-refractivity contribution is 0.178. The molecule has 146 valence electrons. The molecule has 27 heavy (non-hydrogen) atoms. The highest BCUT2D eigenvalue weighted by Crippen LogP contribution is 2.33. The van der Waals surface area contributed by atoms with Crippen LogP contribution in [0.15, 0.2) is 53.4 Å². The fourth-order valence-corrected chi connectivity index (χ4v) is 4.47. The van der Waals surface area contributed by atoms with Crippen LogP contribution in [0.3, 0.4) is 0 Å². The van der Waals surface area contributed by atoms with Crippen molar-refractivity contribution in [3.8, 4) is 5.75 Å². The summed E-state index contributed by atoms with van der Waals surface area (Å²) in [6.07, 6.45) is 3.55. The molecule has 1 aliphatic carbocycles. The summed E-state index contributed by atoms with van der Waals surface area (Å²) in [6.45, 7) is 1.38. The molecule has 2 aromatic rings. The van der Waals surface area contributed by atoms with Crippen molar-refractivity contribution in [3.05, 3.63) is 59.7 Å². The smallest absolute Gasteiger partial charge is 0.242 e. The van der Waals surface area contributed by atoms with Crippen LogP contribution in [-0.2, 0) is 16.4 Å². The zero-order chi connectivity index (χ0) is 19.4. The lowest BCUT2D eigenvalue weighted by Gasteiger charge is -2.33. The normalized spacial score (nSPS) is 17.1. The molecule has 1 unspecified atom stereocenters. The van der Waals surface area contributed by atoms with E-state index in [-0.39, 0.29) is 4.90 Å². The van der Waals surface area contributed by atoms with E-state index in [0.29, 0.717) is 18.4 Å². The molecule has 0 aromatic heterocycles. The van der Waals surface area contributed by atoms with Crippen molar-refractivity contribution in [2.45, 2.75) is 30.2 Å². The number of fused-ring (bicyclic) bond motifs is 1. The van der Waals surface area contributed by atoms with Crippen molar-refractivity contribution < 1.29 is 13.2 Å². The maximum atomic E-state index is 12.1. The second kappa shape index (κ2) is 8.42. The molecule has 0 fully saturated rings. The number of rotatable bonds is 7. The summed E-state index contributed by atoms with van der Waals surface area (Å²) in [4.78, 5) is 2.62. The molecule has 0 N–H and O–H groups in total. The maximum Gasteiger partial charge on any atom is 0.242 e. The molecule has 0 radical (unpaired) electrons. The van der Waals surface area contributed by atoms with Crippen LogP contribution in [-0.4, -0.2) is 51.9 Å². The summed E-state index contributed by atoms with van der Waals surface area (Å²) in [7, 11) is 1.79. The third-order valence-corrected chi connectivity index (χ3v) is 7.01. The van der Waals surface area contributed by atoms with Gasteiger partial charge in [0.2, 0.25) is 10.0 Å². The number of hydrogen-bond acceptors (Lipinski definition) is 4. The molecule has 0 amide bonds. The Morgan fingerprint density at radius 3 is 2.44 bits per heavy atom. The minimum atomic E-state index is -3.40. The second-order valence-corrected chi connectivity index (χ2v) is 9.35. The highest BCUT2D eigenvalue weighted by Gasteiger charge is 2.23. The summed E-state index contributed by atoms with van der Waals surface area (Å²) < 4.78 is 31.2. The Kier molecular flexibility index (Phi) is 6.19. The Morgan fingerprint density at radius 1 is 1.04 bits per heavy atom. The van der Waals surface area contributed by atoms with Crippen LogP contribution in [0.4, 0.5) is 0 Å². The summed E-state index contributed by atoms with van der Waals surface area (Å²) >= 11 is 0.